The van der Waals surface area contributed by atoms with Crippen molar-refractivity contribution in [1.82, 2.24) is 25.8 Å². The van der Waals surface area contributed by atoms with Crippen LogP contribution in [0.3, 0.4) is 0 Å². The number of ether oxygens (including phenoxy) is 3. The summed E-state index contributed by atoms with van der Waals surface area (Å²) in [5.74, 6) is -2.47. The van der Waals surface area contributed by atoms with Crippen LogP contribution in [0.15, 0.2) is 30.3 Å². The first-order chi connectivity index (χ1) is 25.1. The Morgan fingerprint density at radius 2 is 1.51 bits per heavy atom. The molecule has 0 aromatic heterocycles. The molecule has 1 aromatic carbocycles. The number of carbonyl (C=O) groups is 5. The van der Waals surface area contributed by atoms with Crippen LogP contribution in [0.5, 0.6) is 0 Å². The van der Waals surface area contributed by atoms with E-state index in [2.05, 4.69) is 16.0 Å². The third-order valence-corrected chi connectivity index (χ3v) is 10.8. The highest BCUT2D eigenvalue weighted by molar-refractivity contribution is 5.90. The van der Waals surface area contributed by atoms with Crippen LogP contribution in [0, 0.1) is 23.7 Å². The zero-order chi connectivity index (χ0) is 40.0. The first kappa shape index (κ1) is 45.6. The zero-order valence-corrected chi connectivity index (χ0v) is 34.1. The fraction of sp³-hybridized carbons (Fsp3) is 0.725. The number of carbonyl (C=O) groups excluding carboxylic acids is 5. The molecular weight excluding hydrogens is 678 g/mol. The van der Waals surface area contributed by atoms with Crippen LogP contribution in [0.25, 0.3) is 0 Å². The number of likely N-dealkylation sites (N-methyl/N-ethyl adjacent to an activating group) is 2. The van der Waals surface area contributed by atoms with Gasteiger partial charge in [-0.25, -0.2) is 4.79 Å². The maximum atomic E-state index is 14.2. The third kappa shape index (κ3) is 12.2. The van der Waals surface area contributed by atoms with Crippen molar-refractivity contribution in [3.63, 3.8) is 0 Å². The van der Waals surface area contributed by atoms with Crippen LogP contribution in [0.4, 0.5) is 0 Å². The molecule has 0 bridgehead atoms. The van der Waals surface area contributed by atoms with E-state index in [0.29, 0.717) is 13.0 Å². The van der Waals surface area contributed by atoms with Crippen LogP contribution in [0.2, 0.25) is 0 Å². The number of amides is 4. The number of hydrogen-bond donors (Lipinski definition) is 3. The molecule has 2 rings (SSSR count). The molecule has 300 valence electrons. The highest BCUT2D eigenvalue weighted by Gasteiger charge is 2.43. The molecule has 1 aliphatic rings. The van der Waals surface area contributed by atoms with Gasteiger partial charge in [0.25, 0.3) is 0 Å². The lowest BCUT2D eigenvalue weighted by Gasteiger charge is -2.41. The maximum absolute atomic E-state index is 14.2. The molecule has 3 N–H and O–H groups in total. The van der Waals surface area contributed by atoms with Gasteiger partial charge in [0.1, 0.15) is 12.1 Å². The molecule has 53 heavy (non-hydrogen) atoms. The van der Waals surface area contributed by atoms with Crippen molar-refractivity contribution in [2.24, 2.45) is 23.7 Å². The predicted octanol–water partition coefficient (Wildman–Crippen LogP) is 3.19. The van der Waals surface area contributed by atoms with E-state index in [1.807, 2.05) is 71.9 Å². The third-order valence-electron chi connectivity index (χ3n) is 10.8. The summed E-state index contributed by atoms with van der Waals surface area (Å²) in [4.78, 5) is 71.2. The van der Waals surface area contributed by atoms with Crippen LogP contribution < -0.4 is 16.0 Å². The fourth-order valence-corrected chi connectivity index (χ4v) is 7.54. The maximum Gasteiger partial charge on any atom is 0.328 e. The van der Waals surface area contributed by atoms with Gasteiger partial charge in [0.05, 0.1) is 49.8 Å². The molecule has 1 heterocycles. The quantitative estimate of drug-likeness (QED) is 0.161. The van der Waals surface area contributed by atoms with Gasteiger partial charge in [0.2, 0.25) is 23.6 Å². The summed E-state index contributed by atoms with van der Waals surface area (Å²) < 4.78 is 16.9. The van der Waals surface area contributed by atoms with Crippen molar-refractivity contribution in [1.29, 1.82) is 0 Å². The monoisotopic (exact) mass is 745 g/mol. The minimum absolute atomic E-state index is 0.00596. The Morgan fingerprint density at radius 3 is 2.02 bits per heavy atom. The molecular formula is C40H67N5O8. The Hall–Kier alpha value is -3.55. The van der Waals surface area contributed by atoms with E-state index in [4.69, 9.17) is 14.2 Å². The van der Waals surface area contributed by atoms with Crippen LogP contribution in [-0.2, 0) is 44.6 Å². The number of methoxy groups -OCH3 is 3. The number of nitrogens with one attached hydrogen (secondary N) is 3. The molecule has 4 amide bonds. The number of benzene rings is 1. The number of esters is 1. The van der Waals surface area contributed by atoms with Crippen molar-refractivity contribution in [2.45, 2.75) is 123 Å². The second-order valence-corrected chi connectivity index (χ2v) is 15.1. The summed E-state index contributed by atoms with van der Waals surface area (Å²) in [7, 11) is 7.81. The smallest absolute Gasteiger partial charge is 0.328 e. The average molecular weight is 746 g/mol. The Labute approximate surface area is 317 Å². The number of likely N-dealkylation sites (tertiary alicyclic amines) is 1. The Balaban J connectivity index is 2.27. The van der Waals surface area contributed by atoms with Gasteiger partial charge in [0.15, 0.2) is 0 Å². The predicted molar refractivity (Wildman–Crippen MR) is 205 cm³/mol. The molecule has 0 spiro atoms. The summed E-state index contributed by atoms with van der Waals surface area (Å²) >= 11 is 0. The first-order valence-electron chi connectivity index (χ1n) is 19.1. The highest BCUT2D eigenvalue weighted by atomic mass is 16.5. The molecule has 9 atom stereocenters. The van der Waals surface area contributed by atoms with E-state index >= 15 is 0 Å². The normalized spacial score (nSPS) is 19.1. The van der Waals surface area contributed by atoms with E-state index in [-0.39, 0.29) is 60.3 Å². The summed E-state index contributed by atoms with van der Waals surface area (Å²) in [6.07, 6.45) is 1.08. The molecule has 1 saturated heterocycles. The summed E-state index contributed by atoms with van der Waals surface area (Å²) in [5, 5.41) is 8.88. The lowest BCUT2D eigenvalue weighted by molar-refractivity contribution is -0.148. The lowest BCUT2D eigenvalue weighted by atomic mass is 9.89. The standard InChI is InChI=1S/C40H67N5O8/c1-13-26(6)35(44(9)39(49)34(25(4)5)43-38(48)33(41-8)24(2)3)31(51-10)23-32(46)45-21-17-20-30(45)36(52-11)27(7)37(47)42-29(40(50)53-12)22-28-18-15-14-16-19-28/h14-16,18-19,24-27,29-31,33-36,41H,13,17,20-23H2,1-12H3,(H,42,47)(H,43,48)/t26?,27-,29?,30+,31-,33+,34+,35+,36?/m1/s1. The Bertz CT molecular complexity index is 1330. The second-order valence-electron chi connectivity index (χ2n) is 15.1. The van der Waals surface area contributed by atoms with Gasteiger partial charge >= 0.3 is 5.97 Å². The summed E-state index contributed by atoms with van der Waals surface area (Å²) in [6, 6.07) is 6.41. The van der Waals surface area contributed by atoms with E-state index in [1.165, 1.54) is 14.2 Å². The van der Waals surface area contributed by atoms with E-state index in [1.54, 1.807) is 37.9 Å². The average Bonchev–Trinajstić information content (AvgIpc) is 3.62. The zero-order valence-electron chi connectivity index (χ0n) is 34.1. The Kier molecular flexibility index (Phi) is 18.9. The fourth-order valence-electron chi connectivity index (χ4n) is 7.54. The minimum atomic E-state index is -0.889. The molecule has 13 heteroatoms. The molecule has 13 nitrogen and oxygen atoms in total. The second kappa shape index (κ2) is 22.0. The van der Waals surface area contributed by atoms with Crippen LogP contribution in [-0.4, -0.2) is 124 Å². The van der Waals surface area contributed by atoms with E-state index in [0.717, 1.165) is 18.4 Å². The largest absolute Gasteiger partial charge is 0.467 e. The van der Waals surface area contributed by atoms with Gasteiger partial charge in [-0.05, 0) is 43.2 Å². The molecule has 1 fully saturated rings. The van der Waals surface area contributed by atoms with Crippen molar-refractivity contribution in [2.75, 3.05) is 42.0 Å². The molecule has 0 radical (unpaired) electrons. The van der Waals surface area contributed by atoms with Gasteiger partial charge in [0, 0.05) is 34.2 Å². The van der Waals surface area contributed by atoms with Crippen LogP contribution >= 0.6 is 0 Å². The van der Waals surface area contributed by atoms with Gasteiger partial charge in [-0.2, -0.15) is 0 Å². The molecule has 1 aromatic rings. The number of nitrogens with zero attached hydrogens (tertiary/aromatic N) is 2. The SMILES string of the molecule is CCC(C)[C@@H]([C@@H](CC(=O)N1CCC[C@H]1C(OC)[C@@H](C)C(=O)NC(Cc1ccccc1)C(=O)OC)OC)N(C)C(=O)[C@@H](NC(=O)[C@@H](NC)C(C)C)C(C)C. The van der Waals surface area contributed by atoms with Crippen molar-refractivity contribution >= 4 is 29.6 Å². The lowest BCUT2D eigenvalue weighted by Crippen LogP contribution is -2.59. The highest BCUT2D eigenvalue weighted by Crippen LogP contribution is 2.30. The molecule has 0 aliphatic carbocycles. The van der Waals surface area contributed by atoms with Crippen molar-refractivity contribution in [3.05, 3.63) is 35.9 Å². The molecule has 3 unspecified atom stereocenters. The van der Waals surface area contributed by atoms with Crippen molar-refractivity contribution < 1.29 is 38.2 Å². The Morgan fingerprint density at radius 1 is 0.887 bits per heavy atom. The van der Waals surface area contributed by atoms with Gasteiger partial charge in [-0.3, -0.25) is 19.2 Å². The minimum Gasteiger partial charge on any atom is -0.467 e. The van der Waals surface area contributed by atoms with Gasteiger partial charge in [-0.1, -0.05) is 85.2 Å². The van der Waals surface area contributed by atoms with E-state index in [9.17, 15) is 24.0 Å². The molecule has 1 aliphatic heterocycles. The molecule has 0 saturated carbocycles. The first-order valence-corrected chi connectivity index (χ1v) is 19.1. The number of rotatable bonds is 21. The number of hydrogen-bond acceptors (Lipinski definition) is 9. The van der Waals surface area contributed by atoms with Crippen LogP contribution in [0.1, 0.15) is 79.7 Å². The van der Waals surface area contributed by atoms with Gasteiger partial charge in [-0.15, -0.1) is 0 Å². The van der Waals surface area contributed by atoms with Crippen molar-refractivity contribution in [3.8, 4) is 0 Å². The van der Waals surface area contributed by atoms with E-state index < -0.39 is 48.3 Å². The van der Waals surface area contributed by atoms with Gasteiger partial charge < -0.3 is 40.0 Å². The summed E-state index contributed by atoms with van der Waals surface area (Å²) in [5.41, 5.74) is 0.875. The summed E-state index contributed by atoms with van der Waals surface area (Å²) in [6.45, 7) is 14.0. The topological polar surface area (TPSA) is 156 Å².